The zero-order valence-corrected chi connectivity index (χ0v) is 6.40. The van der Waals surface area contributed by atoms with Gasteiger partial charge in [0.15, 0.2) is 0 Å². The monoisotopic (exact) mass is 152 g/mol. The molecule has 1 aromatic rings. The lowest BCUT2D eigenvalue weighted by Crippen LogP contribution is -2.21. The lowest BCUT2D eigenvalue weighted by atomic mass is 9.99. The van der Waals surface area contributed by atoms with Crippen LogP contribution in [0.25, 0.3) is 0 Å². The molecule has 0 spiro atoms. The Morgan fingerprint density at radius 3 is 3.45 bits per heavy atom. The summed E-state index contributed by atoms with van der Waals surface area (Å²) in [5, 5.41) is 8.92. The van der Waals surface area contributed by atoms with Crippen LogP contribution >= 0.6 is 0 Å². The van der Waals surface area contributed by atoms with Gasteiger partial charge in [0.2, 0.25) is 0 Å². The lowest BCUT2D eigenvalue weighted by molar-refractivity contribution is 0.199. The van der Waals surface area contributed by atoms with E-state index >= 15 is 0 Å². The molecule has 2 rings (SSSR count). The van der Waals surface area contributed by atoms with E-state index in [0.717, 1.165) is 25.2 Å². The second-order valence-corrected chi connectivity index (χ2v) is 3.08. The van der Waals surface area contributed by atoms with Crippen LogP contribution in [0.5, 0.6) is 0 Å². The Hall–Kier alpha value is -0.830. The molecule has 1 atom stereocenters. The van der Waals surface area contributed by atoms with E-state index in [2.05, 4.69) is 9.55 Å². The lowest BCUT2D eigenvalue weighted by Gasteiger charge is -2.20. The van der Waals surface area contributed by atoms with Gasteiger partial charge in [0.25, 0.3) is 0 Å². The van der Waals surface area contributed by atoms with Gasteiger partial charge in [-0.25, -0.2) is 4.98 Å². The third kappa shape index (κ3) is 1.16. The van der Waals surface area contributed by atoms with Crippen molar-refractivity contribution in [3.05, 3.63) is 18.2 Å². The van der Waals surface area contributed by atoms with E-state index in [1.165, 1.54) is 0 Å². The van der Waals surface area contributed by atoms with Gasteiger partial charge in [0.05, 0.1) is 0 Å². The van der Waals surface area contributed by atoms with Crippen molar-refractivity contribution in [3.63, 3.8) is 0 Å². The van der Waals surface area contributed by atoms with Crippen LogP contribution in [0.1, 0.15) is 12.2 Å². The minimum Gasteiger partial charge on any atom is -0.396 e. The molecule has 1 aromatic heterocycles. The molecule has 0 aromatic carbocycles. The molecule has 0 amide bonds. The SMILES string of the molecule is OCC1CCn2ccnc2C1. The number of fused-ring (bicyclic) bond motifs is 1. The number of aliphatic hydroxyl groups excluding tert-OH is 1. The largest absolute Gasteiger partial charge is 0.396 e. The van der Waals surface area contributed by atoms with E-state index in [4.69, 9.17) is 5.11 Å². The van der Waals surface area contributed by atoms with Crippen LogP contribution in [0.3, 0.4) is 0 Å². The van der Waals surface area contributed by atoms with Crippen LogP contribution in [0.4, 0.5) is 0 Å². The Morgan fingerprint density at radius 2 is 2.64 bits per heavy atom. The summed E-state index contributed by atoms with van der Waals surface area (Å²) in [5.74, 6) is 1.56. The van der Waals surface area contributed by atoms with Gasteiger partial charge in [0.1, 0.15) is 5.82 Å². The van der Waals surface area contributed by atoms with Gasteiger partial charge in [-0.15, -0.1) is 0 Å². The fourth-order valence-electron chi connectivity index (χ4n) is 1.57. The third-order valence-electron chi connectivity index (χ3n) is 2.31. The zero-order valence-electron chi connectivity index (χ0n) is 6.40. The van der Waals surface area contributed by atoms with Crippen LogP contribution in [0.2, 0.25) is 0 Å². The third-order valence-corrected chi connectivity index (χ3v) is 2.31. The molecule has 60 valence electrons. The van der Waals surface area contributed by atoms with Crippen molar-refractivity contribution in [1.29, 1.82) is 0 Å². The van der Waals surface area contributed by atoms with Crippen molar-refractivity contribution in [2.24, 2.45) is 5.92 Å². The Labute approximate surface area is 65.7 Å². The summed E-state index contributed by atoms with van der Waals surface area (Å²) in [6, 6.07) is 0. The first kappa shape index (κ1) is 6.85. The molecule has 0 saturated carbocycles. The molecule has 11 heavy (non-hydrogen) atoms. The van der Waals surface area contributed by atoms with Crippen molar-refractivity contribution in [1.82, 2.24) is 9.55 Å². The molecule has 0 saturated heterocycles. The van der Waals surface area contributed by atoms with E-state index < -0.39 is 0 Å². The van der Waals surface area contributed by atoms with Crippen molar-refractivity contribution in [2.45, 2.75) is 19.4 Å². The highest BCUT2D eigenvalue weighted by Gasteiger charge is 2.17. The molecular weight excluding hydrogens is 140 g/mol. The standard InChI is InChI=1S/C8H12N2O/c11-6-7-1-3-10-4-2-9-8(10)5-7/h2,4,7,11H,1,3,5-6H2. The van der Waals surface area contributed by atoms with Crippen LogP contribution < -0.4 is 0 Å². The van der Waals surface area contributed by atoms with E-state index in [-0.39, 0.29) is 0 Å². The quantitative estimate of drug-likeness (QED) is 0.634. The van der Waals surface area contributed by atoms with Crippen molar-refractivity contribution < 1.29 is 5.11 Å². The maximum absolute atomic E-state index is 8.92. The van der Waals surface area contributed by atoms with E-state index in [9.17, 15) is 0 Å². The molecule has 3 nitrogen and oxygen atoms in total. The summed E-state index contributed by atoms with van der Waals surface area (Å²) in [5.41, 5.74) is 0. The number of hydrogen-bond donors (Lipinski definition) is 1. The van der Waals surface area contributed by atoms with E-state index in [0.29, 0.717) is 12.5 Å². The molecule has 2 heterocycles. The Morgan fingerprint density at radius 1 is 1.73 bits per heavy atom. The van der Waals surface area contributed by atoms with Crippen LogP contribution in [0, 0.1) is 5.92 Å². The first-order valence-electron chi connectivity index (χ1n) is 4.01. The molecule has 0 aliphatic carbocycles. The number of rotatable bonds is 1. The van der Waals surface area contributed by atoms with E-state index in [1.807, 2.05) is 12.4 Å². The Bertz CT molecular complexity index is 244. The molecule has 3 heteroatoms. The predicted molar refractivity (Wildman–Crippen MR) is 41.1 cm³/mol. The molecular formula is C8H12N2O. The molecule has 0 fully saturated rings. The smallest absolute Gasteiger partial charge is 0.108 e. The number of aryl methyl sites for hydroxylation is 1. The minimum absolute atomic E-state index is 0.298. The highest BCUT2D eigenvalue weighted by atomic mass is 16.3. The molecule has 1 unspecified atom stereocenters. The van der Waals surface area contributed by atoms with Crippen molar-refractivity contribution >= 4 is 0 Å². The summed E-state index contributed by atoms with van der Waals surface area (Å²) in [7, 11) is 0. The number of aliphatic hydroxyl groups is 1. The van der Waals surface area contributed by atoms with E-state index in [1.54, 1.807) is 0 Å². The summed E-state index contributed by atoms with van der Waals surface area (Å²) >= 11 is 0. The zero-order chi connectivity index (χ0) is 7.68. The Balaban J connectivity index is 2.18. The molecule has 1 aliphatic heterocycles. The topological polar surface area (TPSA) is 38.0 Å². The van der Waals surface area contributed by atoms with Gasteiger partial charge in [-0.3, -0.25) is 0 Å². The van der Waals surface area contributed by atoms with Gasteiger partial charge in [-0.2, -0.15) is 0 Å². The normalized spacial score (nSPS) is 23.2. The fourth-order valence-corrected chi connectivity index (χ4v) is 1.57. The van der Waals surface area contributed by atoms with Crippen molar-refractivity contribution in [3.8, 4) is 0 Å². The van der Waals surface area contributed by atoms with Gasteiger partial charge in [-0.1, -0.05) is 0 Å². The Kier molecular flexibility index (Phi) is 1.66. The van der Waals surface area contributed by atoms with Gasteiger partial charge >= 0.3 is 0 Å². The molecule has 1 N–H and O–H groups in total. The fraction of sp³-hybridized carbons (Fsp3) is 0.625. The summed E-state index contributed by atoms with van der Waals surface area (Å²) in [6.45, 7) is 1.31. The average Bonchev–Trinajstić information content (AvgIpc) is 2.50. The number of aromatic nitrogens is 2. The first-order chi connectivity index (χ1) is 5.40. The molecule has 1 aliphatic rings. The highest BCUT2D eigenvalue weighted by molar-refractivity contribution is 4.97. The average molecular weight is 152 g/mol. The predicted octanol–water partition coefficient (Wildman–Crippen LogP) is 0.438. The van der Waals surface area contributed by atoms with Crippen LogP contribution in [-0.2, 0) is 13.0 Å². The van der Waals surface area contributed by atoms with Crippen LogP contribution in [-0.4, -0.2) is 21.3 Å². The number of hydrogen-bond acceptors (Lipinski definition) is 2. The van der Waals surface area contributed by atoms with Crippen molar-refractivity contribution in [2.75, 3.05) is 6.61 Å². The molecule has 0 bridgehead atoms. The maximum Gasteiger partial charge on any atom is 0.108 e. The van der Waals surface area contributed by atoms with Gasteiger partial charge in [-0.05, 0) is 12.3 Å². The second kappa shape index (κ2) is 2.66. The minimum atomic E-state index is 0.298. The number of nitrogens with zero attached hydrogens (tertiary/aromatic N) is 2. The van der Waals surface area contributed by atoms with Gasteiger partial charge < -0.3 is 9.67 Å². The van der Waals surface area contributed by atoms with Crippen LogP contribution in [0.15, 0.2) is 12.4 Å². The summed E-state index contributed by atoms with van der Waals surface area (Å²) < 4.78 is 2.16. The maximum atomic E-state index is 8.92. The summed E-state index contributed by atoms with van der Waals surface area (Å²) in [6.07, 6.45) is 5.85. The first-order valence-corrected chi connectivity index (χ1v) is 4.01. The number of imidazole rings is 1. The van der Waals surface area contributed by atoms with Gasteiger partial charge in [0, 0.05) is 32.0 Å². The summed E-state index contributed by atoms with van der Waals surface area (Å²) in [4.78, 5) is 4.21. The molecule has 0 radical (unpaired) electrons. The second-order valence-electron chi connectivity index (χ2n) is 3.08. The highest BCUT2D eigenvalue weighted by Crippen LogP contribution is 2.17.